The van der Waals surface area contributed by atoms with Crippen LogP contribution in [0, 0.1) is 5.92 Å². The zero-order valence-electron chi connectivity index (χ0n) is 10.4. The van der Waals surface area contributed by atoms with Gasteiger partial charge in [0.1, 0.15) is 0 Å². The number of aliphatic hydroxyl groups is 1. The van der Waals surface area contributed by atoms with Crippen molar-refractivity contribution < 1.29 is 9.90 Å². The van der Waals surface area contributed by atoms with E-state index in [0.29, 0.717) is 0 Å². The summed E-state index contributed by atoms with van der Waals surface area (Å²) in [7, 11) is 0. The summed E-state index contributed by atoms with van der Waals surface area (Å²) in [4.78, 5) is 12.0. The highest BCUT2D eigenvalue weighted by molar-refractivity contribution is 5.78. The highest BCUT2D eigenvalue weighted by atomic mass is 16.3. The summed E-state index contributed by atoms with van der Waals surface area (Å²) in [5.74, 6) is 0.337. The van der Waals surface area contributed by atoms with E-state index in [1.807, 2.05) is 6.92 Å². The van der Waals surface area contributed by atoms with E-state index in [9.17, 15) is 4.79 Å². The highest BCUT2D eigenvalue weighted by Gasteiger charge is 2.20. The van der Waals surface area contributed by atoms with Crippen LogP contribution >= 0.6 is 0 Å². The Balaban J connectivity index is 2.37. The fourth-order valence-corrected chi connectivity index (χ4v) is 2.31. The first-order chi connectivity index (χ1) is 7.77. The van der Waals surface area contributed by atoms with Crippen molar-refractivity contribution >= 4 is 5.91 Å². The van der Waals surface area contributed by atoms with Gasteiger partial charge < -0.3 is 10.4 Å². The molecule has 3 nitrogen and oxygen atoms in total. The largest absolute Gasteiger partial charge is 0.394 e. The Morgan fingerprint density at radius 1 is 1.25 bits per heavy atom. The molecular formula is C13H25NO2. The predicted octanol–water partition coefficient (Wildman–Crippen LogP) is 2.23. The summed E-state index contributed by atoms with van der Waals surface area (Å²) in [6.07, 6.45) is 9.04. The lowest BCUT2D eigenvalue weighted by Gasteiger charge is -2.22. The third kappa shape index (κ3) is 4.52. The van der Waals surface area contributed by atoms with Crippen LogP contribution in [0.25, 0.3) is 0 Å². The summed E-state index contributed by atoms with van der Waals surface area (Å²) in [5, 5.41) is 12.0. The summed E-state index contributed by atoms with van der Waals surface area (Å²) in [6, 6.07) is -0.0575. The van der Waals surface area contributed by atoms with Gasteiger partial charge in [-0.05, 0) is 19.3 Å². The molecule has 1 aliphatic rings. The van der Waals surface area contributed by atoms with Gasteiger partial charge in [-0.3, -0.25) is 4.79 Å². The Hall–Kier alpha value is -0.570. The zero-order valence-corrected chi connectivity index (χ0v) is 10.4. The third-order valence-corrected chi connectivity index (χ3v) is 3.54. The van der Waals surface area contributed by atoms with E-state index < -0.39 is 0 Å². The lowest BCUT2D eigenvalue weighted by Crippen LogP contribution is -2.40. The first-order valence-corrected chi connectivity index (χ1v) is 6.69. The van der Waals surface area contributed by atoms with E-state index in [2.05, 4.69) is 5.32 Å². The molecule has 0 aromatic carbocycles. The first-order valence-electron chi connectivity index (χ1n) is 6.69. The van der Waals surface area contributed by atoms with Crippen LogP contribution in [0.2, 0.25) is 0 Å². The SMILES string of the molecule is CC[C@H](CO)NC(=O)C1CCCCCCC1. The van der Waals surface area contributed by atoms with E-state index in [-0.39, 0.29) is 24.5 Å². The Labute approximate surface area is 98.6 Å². The van der Waals surface area contributed by atoms with Crippen molar-refractivity contribution in [2.75, 3.05) is 6.61 Å². The van der Waals surface area contributed by atoms with Gasteiger partial charge in [0.25, 0.3) is 0 Å². The molecule has 1 aliphatic carbocycles. The van der Waals surface area contributed by atoms with Gasteiger partial charge in [0.15, 0.2) is 0 Å². The standard InChI is InChI=1S/C13H25NO2/c1-2-12(10-15)14-13(16)11-8-6-4-3-5-7-9-11/h11-12,15H,2-10H2,1H3,(H,14,16)/t12-/m1/s1. The van der Waals surface area contributed by atoms with Crippen LogP contribution in [0.4, 0.5) is 0 Å². The van der Waals surface area contributed by atoms with Crippen LogP contribution in [0.5, 0.6) is 0 Å². The summed E-state index contributed by atoms with van der Waals surface area (Å²) in [6.45, 7) is 2.04. The second-order valence-electron chi connectivity index (χ2n) is 4.84. The minimum absolute atomic E-state index is 0.0506. The topological polar surface area (TPSA) is 49.3 Å². The van der Waals surface area contributed by atoms with Crippen LogP contribution in [0.1, 0.15) is 58.3 Å². The molecule has 0 heterocycles. The molecule has 1 saturated carbocycles. The lowest BCUT2D eigenvalue weighted by molar-refractivity contribution is -0.126. The molecule has 94 valence electrons. The molecule has 0 spiro atoms. The molecule has 1 atom stereocenters. The number of carbonyl (C=O) groups is 1. The number of carbonyl (C=O) groups excluding carboxylic acids is 1. The van der Waals surface area contributed by atoms with Crippen LogP contribution in [0.15, 0.2) is 0 Å². The van der Waals surface area contributed by atoms with Crippen LogP contribution in [-0.4, -0.2) is 23.7 Å². The maximum Gasteiger partial charge on any atom is 0.223 e. The van der Waals surface area contributed by atoms with Crippen molar-refractivity contribution in [3.8, 4) is 0 Å². The van der Waals surface area contributed by atoms with Crippen molar-refractivity contribution in [3.63, 3.8) is 0 Å². The Morgan fingerprint density at radius 3 is 2.31 bits per heavy atom. The number of rotatable bonds is 4. The average Bonchev–Trinajstić information content (AvgIpc) is 2.25. The number of aliphatic hydroxyl groups excluding tert-OH is 1. The molecular weight excluding hydrogens is 202 g/mol. The minimum atomic E-state index is -0.0575. The van der Waals surface area contributed by atoms with Gasteiger partial charge in [0.2, 0.25) is 5.91 Å². The molecule has 0 bridgehead atoms. The van der Waals surface area contributed by atoms with Gasteiger partial charge in [-0.2, -0.15) is 0 Å². The van der Waals surface area contributed by atoms with Crippen LogP contribution in [-0.2, 0) is 4.79 Å². The van der Waals surface area contributed by atoms with Crippen molar-refractivity contribution in [1.29, 1.82) is 0 Å². The molecule has 16 heavy (non-hydrogen) atoms. The molecule has 0 unspecified atom stereocenters. The zero-order chi connectivity index (χ0) is 11.8. The smallest absolute Gasteiger partial charge is 0.223 e. The highest BCUT2D eigenvalue weighted by Crippen LogP contribution is 2.22. The Kier molecular flexibility index (Phi) is 6.46. The van der Waals surface area contributed by atoms with E-state index >= 15 is 0 Å². The Morgan fingerprint density at radius 2 is 1.81 bits per heavy atom. The third-order valence-electron chi connectivity index (χ3n) is 3.54. The quantitative estimate of drug-likeness (QED) is 0.774. The molecule has 0 radical (unpaired) electrons. The molecule has 0 aromatic rings. The van der Waals surface area contributed by atoms with Crippen molar-refractivity contribution in [3.05, 3.63) is 0 Å². The normalized spacial score (nSPS) is 20.9. The monoisotopic (exact) mass is 227 g/mol. The van der Waals surface area contributed by atoms with Gasteiger partial charge in [-0.1, -0.05) is 39.0 Å². The molecule has 0 aromatic heterocycles. The lowest BCUT2D eigenvalue weighted by atomic mass is 9.90. The molecule has 0 aliphatic heterocycles. The second-order valence-corrected chi connectivity index (χ2v) is 4.84. The number of amides is 1. The van der Waals surface area contributed by atoms with E-state index in [1.54, 1.807) is 0 Å². The maximum atomic E-state index is 12.0. The fraction of sp³-hybridized carbons (Fsp3) is 0.923. The summed E-state index contributed by atoms with van der Waals surface area (Å²) < 4.78 is 0. The predicted molar refractivity (Wildman–Crippen MR) is 65.1 cm³/mol. The summed E-state index contributed by atoms with van der Waals surface area (Å²) >= 11 is 0. The molecule has 2 N–H and O–H groups in total. The minimum Gasteiger partial charge on any atom is -0.394 e. The second kappa shape index (κ2) is 7.66. The fourth-order valence-electron chi connectivity index (χ4n) is 2.31. The van der Waals surface area contributed by atoms with E-state index in [0.717, 1.165) is 19.3 Å². The van der Waals surface area contributed by atoms with Gasteiger partial charge in [0.05, 0.1) is 12.6 Å². The first kappa shape index (κ1) is 13.5. The van der Waals surface area contributed by atoms with Crippen LogP contribution in [0.3, 0.4) is 0 Å². The number of nitrogens with one attached hydrogen (secondary N) is 1. The van der Waals surface area contributed by atoms with Gasteiger partial charge in [-0.25, -0.2) is 0 Å². The van der Waals surface area contributed by atoms with Gasteiger partial charge >= 0.3 is 0 Å². The Bertz CT molecular complexity index is 194. The number of hydrogen-bond acceptors (Lipinski definition) is 2. The van der Waals surface area contributed by atoms with Crippen molar-refractivity contribution in [2.45, 2.75) is 64.3 Å². The van der Waals surface area contributed by atoms with E-state index in [1.165, 1.54) is 32.1 Å². The van der Waals surface area contributed by atoms with Gasteiger partial charge in [0, 0.05) is 5.92 Å². The van der Waals surface area contributed by atoms with Crippen molar-refractivity contribution in [2.24, 2.45) is 5.92 Å². The maximum absolute atomic E-state index is 12.0. The number of hydrogen-bond donors (Lipinski definition) is 2. The summed E-state index contributed by atoms with van der Waals surface area (Å²) in [5.41, 5.74) is 0. The van der Waals surface area contributed by atoms with Crippen LogP contribution < -0.4 is 5.32 Å². The van der Waals surface area contributed by atoms with Crippen molar-refractivity contribution in [1.82, 2.24) is 5.32 Å². The van der Waals surface area contributed by atoms with E-state index in [4.69, 9.17) is 5.11 Å². The molecule has 1 fully saturated rings. The molecule has 1 amide bonds. The molecule has 1 rings (SSSR count). The molecule has 0 saturated heterocycles. The molecule has 3 heteroatoms. The van der Waals surface area contributed by atoms with Gasteiger partial charge in [-0.15, -0.1) is 0 Å². The average molecular weight is 227 g/mol.